The van der Waals surface area contributed by atoms with Crippen molar-refractivity contribution in [1.82, 2.24) is 14.9 Å². The third-order valence-electron chi connectivity index (χ3n) is 5.12. The zero-order chi connectivity index (χ0) is 21.6. The van der Waals surface area contributed by atoms with Crippen molar-refractivity contribution in [3.05, 3.63) is 115 Å². The summed E-state index contributed by atoms with van der Waals surface area (Å²) in [7, 11) is 0. The van der Waals surface area contributed by atoms with Gasteiger partial charge >= 0.3 is 0 Å². The van der Waals surface area contributed by atoms with Gasteiger partial charge in [-0.05, 0) is 12.5 Å². The number of carbonyl (C=O) groups is 1. The molecule has 4 nitrogen and oxygen atoms in total. The second-order valence-corrected chi connectivity index (χ2v) is 7.49. The lowest BCUT2D eigenvalue weighted by molar-refractivity contribution is -0.117. The quantitative estimate of drug-likeness (QED) is 0.414. The normalized spacial score (nSPS) is 10.6. The molecule has 1 aromatic heterocycles. The molecule has 0 atom stereocenters. The number of nitrogens with zero attached hydrogens (tertiary/aromatic N) is 2. The Morgan fingerprint density at radius 1 is 0.871 bits per heavy atom. The standard InChI is InChI=1S/C27H25N3O/c1-20(2)27(31)28-18-24-29-25(22-14-8-4-9-15-22)26(23-16-10-5-11-17-23)30(24)19-21-12-6-3-7-13-21/h3-17H,1,18-19H2,2H3,(H,28,31). The van der Waals surface area contributed by atoms with Crippen LogP contribution in [0, 0.1) is 0 Å². The Labute approximate surface area is 182 Å². The minimum Gasteiger partial charge on any atom is -0.345 e. The van der Waals surface area contributed by atoms with Crippen LogP contribution in [0.3, 0.4) is 0 Å². The van der Waals surface area contributed by atoms with Crippen LogP contribution in [0.15, 0.2) is 103 Å². The molecule has 0 fully saturated rings. The topological polar surface area (TPSA) is 46.9 Å². The number of imidazole rings is 1. The molecule has 0 aliphatic carbocycles. The molecule has 3 aromatic carbocycles. The van der Waals surface area contributed by atoms with E-state index in [2.05, 4.69) is 52.9 Å². The summed E-state index contributed by atoms with van der Waals surface area (Å²) in [5.74, 6) is 0.632. The van der Waals surface area contributed by atoms with Crippen LogP contribution in [-0.4, -0.2) is 15.5 Å². The fraction of sp³-hybridized carbons (Fsp3) is 0.111. The average Bonchev–Trinajstić information content (AvgIpc) is 3.17. The predicted molar refractivity (Wildman–Crippen MR) is 125 cm³/mol. The van der Waals surface area contributed by atoms with Crippen molar-refractivity contribution >= 4 is 5.91 Å². The van der Waals surface area contributed by atoms with Crippen molar-refractivity contribution in [2.24, 2.45) is 0 Å². The fourth-order valence-electron chi connectivity index (χ4n) is 3.57. The first-order valence-corrected chi connectivity index (χ1v) is 10.3. The Hall–Kier alpha value is -3.92. The van der Waals surface area contributed by atoms with E-state index in [1.165, 1.54) is 5.56 Å². The maximum absolute atomic E-state index is 12.2. The number of benzene rings is 3. The van der Waals surface area contributed by atoms with Gasteiger partial charge in [-0.3, -0.25) is 4.79 Å². The molecule has 0 aliphatic rings. The van der Waals surface area contributed by atoms with Gasteiger partial charge in [0.2, 0.25) is 5.91 Å². The first-order valence-electron chi connectivity index (χ1n) is 10.3. The van der Waals surface area contributed by atoms with Gasteiger partial charge in [0.05, 0.1) is 17.9 Å². The number of aromatic nitrogens is 2. The second kappa shape index (κ2) is 9.26. The first-order chi connectivity index (χ1) is 15.1. The third kappa shape index (κ3) is 4.64. The monoisotopic (exact) mass is 407 g/mol. The highest BCUT2D eigenvalue weighted by Gasteiger charge is 2.20. The number of rotatable bonds is 7. The Kier molecular flexibility index (Phi) is 6.08. The van der Waals surface area contributed by atoms with Crippen molar-refractivity contribution in [2.45, 2.75) is 20.0 Å². The molecule has 1 N–H and O–H groups in total. The van der Waals surface area contributed by atoms with E-state index in [9.17, 15) is 4.79 Å². The van der Waals surface area contributed by atoms with Crippen LogP contribution in [0.2, 0.25) is 0 Å². The van der Waals surface area contributed by atoms with Gasteiger partial charge in [0.1, 0.15) is 5.82 Å². The summed E-state index contributed by atoms with van der Waals surface area (Å²) in [6.07, 6.45) is 0. The van der Waals surface area contributed by atoms with Crippen molar-refractivity contribution < 1.29 is 4.79 Å². The van der Waals surface area contributed by atoms with Gasteiger partial charge < -0.3 is 9.88 Å². The maximum atomic E-state index is 12.2. The molecule has 4 rings (SSSR count). The van der Waals surface area contributed by atoms with E-state index in [1.54, 1.807) is 6.92 Å². The lowest BCUT2D eigenvalue weighted by Crippen LogP contribution is -2.25. The average molecular weight is 408 g/mol. The van der Waals surface area contributed by atoms with Gasteiger partial charge in [0.25, 0.3) is 0 Å². The van der Waals surface area contributed by atoms with Gasteiger partial charge in [0, 0.05) is 23.2 Å². The lowest BCUT2D eigenvalue weighted by atomic mass is 10.0. The van der Waals surface area contributed by atoms with Gasteiger partial charge in [-0.15, -0.1) is 0 Å². The van der Waals surface area contributed by atoms with Crippen molar-refractivity contribution in [3.63, 3.8) is 0 Å². The smallest absolute Gasteiger partial charge is 0.246 e. The molecule has 31 heavy (non-hydrogen) atoms. The highest BCUT2D eigenvalue weighted by molar-refractivity contribution is 5.92. The predicted octanol–water partition coefficient (Wildman–Crippen LogP) is 5.46. The summed E-state index contributed by atoms with van der Waals surface area (Å²) in [5.41, 5.74) is 5.72. The van der Waals surface area contributed by atoms with E-state index in [1.807, 2.05) is 54.6 Å². The van der Waals surface area contributed by atoms with E-state index in [4.69, 9.17) is 4.98 Å². The van der Waals surface area contributed by atoms with E-state index in [0.717, 1.165) is 28.3 Å². The van der Waals surface area contributed by atoms with Crippen LogP contribution >= 0.6 is 0 Å². The van der Waals surface area contributed by atoms with Crippen molar-refractivity contribution in [1.29, 1.82) is 0 Å². The number of hydrogen-bond acceptors (Lipinski definition) is 2. The van der Waals surface area contributed by atoms with Crippen LogP contribution in [0.25, 0.3) is 22.5 Å². The molecule has 0 saturated carbocycles. The van der Waals surface area contributed by atoms with E-state index in [-0.39, 0.29) is 5.91 Å². The van der Waals surface area contributed by atoms with Crippen LogP contribution in [-0.2, 0) is 17.9 Å². The fourth-order valence-corrected chi connectivity index (χ4v) is 3.57. The van der Waals surface area contributed by atoms with Crippen LogP contribution in [0.4, 0.5) is 0 Å². The summed E-state index contributed by atoms with van der Waals surface area (Å²) in [6.45, 7) is 6.42. The molecule has 0 saturated heterocycles. The SMILES string of the molecule is C=C(C)C(=O)NCc1nc(-c2ccccc2)c(-c2ccccc2)n1Cc1ccccc1. The zero-order valence-electron chi connectivity index (χ0n) is 17.6. The molecule has 0 aliphatic heterocycles. The molecular formula is C27H25N3O. The molecular weight excluding hydrogens is 382 g/mol. The van der Waals surface area contributed by atoms with Gasteiger partial charge in [-0.1, -0.05) is 97.6 Å². The summed E-state index contributed by atoms with van der Waals surface area (Å²) >= 11 is 0. The van der Waals surface area contributed by atoms with Crippen molar-refractivity contribution in [3.8, 4) is 22.5 Å². The number of carbonyl (C=O) groups excluding carboxylic acids is 1. The largest absolute Gasteiger partial charge is 0.345 e. The van der Waals surface area contributed by atoms with Gasteiger partial charge in [0.15, 0.2) is 0 Å². The summed E-state index contributed by atoms with van der Waals surface area (Å²) in [6, 6.07) is 30.7. The molecule has 0 unspecified atom stereocenters. The Balaban J connectivity index is 1.88. The zero-order valence-corrected chi connectivity index (χ0v) is 17.6. The number of hydrogen-bond donors (Lipinski definition) is 1. The van der Waals surface area contributed by atoms with Crippen LogP contribution in [0.5, 0.6) is 0 Å². The highest BCUT2D eigenvalue weighted by Crippen LogP contribution is 2.33. The van der Waals surface area contributed by atoms with Crippen LogP contribution < -0.4 is 5.32 Å². The molecule has 0 radical (unpaired) electrons. The van der Waals surface area contributed by atoms with Crippen LogP contribution in [0.1, 0.15) is 18.3 Å². The summed E-state index contributed by atoms with van der Waals surface area (Å²) in [5, 5.41) is 2.95. The highest BCUT2D eigenvalue weighted by atomic mass is 16.1. The minimum absolute atomic E-state index is 0.170. The number of nitrogens with one attached hydrogen (secondary N) is 1. The molecule has 154 valence electrons. The molecule has 0 bridgehead atoms. The Morgan fingerprint density at radius 2 is 1.42 bits per heavy atom. The Morgan fingerprint density at radius 3 is 2.00 bits per heavy atom. The second-order valence-electron chi connectivity index (χ2n) is 7.49. The molecule has 1 heterocycles. The third-order valence-corrected chi connectivity index (χ3v) is 5.12. The molecule has 1 amide bonds. The summed E-state index contributed by atoms with van der Waals surface area (Å²) < 4.78 is 2.20. The molecule has 0 spiro atoms. The Bertz CT molecular complexity index is 1180. The van der Waals surface area contributed by atoms with E-state index in [0.29, 0.717) is 18.7 Å². The van der Waals surface area contributed by atoms with Gasteiger partial charge in [-0.25, -0.2) is 4.98 Å². The van der Waals surface area contributed by atoms with E-state index < -0.39 is 0 Å². The minimum atomic E-state index is -0.170. The maximum Gasteiger partial charge on any atom is 0.246 e. The first kappa shape index (κ1) is 20.4. The number of amides is 1. The molecule has 4 heteroatoms. The van der Waals surface area contributed by atoms with Crippen molar-refractivity contribution in [2.75, 3.05) is 0 Å². The van der Waals surface area contributed by atoms with E-state index >= 15 is 0 Å². The molecule has 4 aromatic rings. The van der Waals surface area contributed by atoms with Gasteiger partial charge in [-0.2, -0.15) is 0 Å². The lowest BCUT2D eigenvalue weighted by Gasteiger charge is -2.14. The summed E-state index contributed by atoms with van der Waals surface area (Å²) in [4.78, 5) is 17.2.